The van der Waals surface area contributed by atoms with Crippen LogP contribution in [-0.4, -0.2) is 58.8 Å². The number of ketones is 1. The first-order valence-electron chi connectivity index (χ1n) is 10.9. The molecule has 0 bridgehead atoms. The number of hydrogen-bond acceptors (Lipinski definition) is 5. The molecule has 1 N–H and O–H groups in total. The first kappa shape index (κ1) is 21.2. The third-order valence-corrected chi connectivity index (χ3v) is 6.19. The third-order valence-electron chi connectivity index (χ3n) is 6.19. The normalized spacial score (nSPS) is 20.4. The summed E-state index contributed by atoms with van der Waals surface area (Å²) in [5, 5.41) is 11.2. The van der Waals surface area contributed by atoms with E-state index in [1.165, 1.54) is 17.5 Å². The monoisotopic (exact) mass is 419 g/mol. The van der Waals surface area contributed by atoms with Crippen LogP contribution in [0.1, 0.15) is 47.6 Å². The van der Waals surface area contributed by atoms with Gasteiger partial charge in [0.25, 0.3) is 11.7 Å². The topological polar surface area (TPSA) is 73.7 Å². The molecule has 31 heavy (non-hydrogen) atoms. The van der Waals surface area contributed by atoms with Crippen LogP contribution >= 0.6 is 0 Å². The number of carbonyl (C=O) groups excluding carboxylic acids is 2. The van der Waals surface area contributed by atoms with Gasteiger partial charge in [0.1, 0.15) is 5.76 Å². The molecule has 1 atom stereocenters. The molecule has 2 heterocycles. The number of fused-ring (bicyclic) bond motifs is 1. The Morgan fingerprint density at radius 1 is 1.10 bits per heavy atom. The van der Waals surface area contributed by atoms with Gasteiger partial charge < -0.3 is 14.9 Å². The number of nitrogens with zero attached hydrogens (tertiary/aromatic N) is 3. The molecule has 6 heteroatoms. The molecule has 1 fully saturated rings. The summed E-state index contributed by atoms with van der Waals surface area (Å²) in [4.78, 5) is 33.7. The summed E-state index contributed by atoms with van der Waals surface area (Å²) < 4.78 is 0. The van der Waals surface area contributed by atoms with Crippen molar-refractivity contribution in [1.29, 1.82) is 0 Å². The summed E-state index contributed by atoms with van der Waals surface area (Å²) in [5.41, 5.74) is 4.06. The zero-order valence-electron chi connectivity index (χ0n) is 18.2. The maximum atomic E-state index is 13.1. The van der Waals surface area contributed by atoms with E-state index in [9.17, 15) is 14.7 Å². The number of hydrogen-bond donors (Lipinski definition) is 1. The van der Waals surface area contributed by atoms with Gasteiger partial charge in [0.15, 0.2) is 0 Å². The highest BCUT2D eigenvalue weighted by Crippen LogP contribution is 2.39. The molecule has 6 nitrogen and oxygen atoms in total. The number of aromatic nitrogens is 1. The Hall–Kier alpha value is -2.99. The molecule has 1 unspecified atom stereocenters. The Balaban J connectivity index is 1.76. The molecule has 0 radical (unpaired) electrons. The minimum Gasteiger partial charge on any atom is -0.507 e. The molecule has 1 aromatic heterocycles. The van der Waals surface area contributed by atoms with E-state index in [-0.39, 0.29) is 11.3 Å². The molecule has 2 aromatic rings. The lowest BCUT2D eigenvalue weighted by molar-refractivity contribution is -0.139. The molecule has 0 spiro atoms. The van der Waals surface area contributed by atoms with E-state index in [1.54, 1.807) is 29.4 Å². The largest absolute Gasteiger partial charge is 0.507 e. The number of aryl methyl sites for hydroxylation is 2. The van der Waals surface area contributed by atoms with Crippen molar-refractivity contribution in [3.8, 4) is 0 Å². The van der Waals surface area contributed by atoms with Gasteiger partial charge in [-0.25, -0.2) is 0 Å². The number of likely N-dealkylation sites (tertiary alicyclic amines) is 1. The minimum absolute atomic E-state index is 0.0938. The van der Waals surface area contributed by atoms with Gasteiger partial charge in [-0.15, -0.1) is 0 Å². The summed E-state index contributed by atoms with van der Waals surface area (Å²) in [5.74, 6) is -1.27. The Kier molecular flexibility index (Phi) is 6.18. The van der Waals surface area contributed by atoms with Gasteiger partial charge >= 0.3 is 0 Å². The van der Waals surface area contributed by atoms with Crippen LogP contribution in [0, 0.1) is 0 Å². The number of benzene rings is 1. The molecule has 2 aliphatic rings. The van der Waals surface area contributed by atoms with Crippen molar-refractivity contribution in [2.75, 3.05) is 27.2 Å². The smallest absolute Gasteiger partial charge is 0.295 e. The number of aliphatic hydroxyl groups is 1. The predicted molar refractivity (Wildman–Crippen MR) is 120 cm³/mol. The number of Topliss-reactive ketones (excluding diaryl/α,β-unsaturated/α-hetero) is 1. The van der Waals surface area contributed by atoms with Gasteiger partial charge in [-0.3, -0.25) is 14.6 Å². The highest BCUT2D eigenvalue weighted by atomic mass is 16.3. The first-order chi connectivity index (χ1) is 15.0. The van der Waals surface area contributed by atoms with Crippen molar-refractivity contribution in [3.63, 3.8) is 0 Å². The highest BCUT2D eigenvalue weighted by Gasteiger charge is 2.45. The number of aliphatic hydroxyl groups excluding tert-OH is 1. The number of amides is 1. The van der Waals surface area contributed by atoms with Gasteiger partial charge in [-0.05, 0) is 87.6 Å². The van der Waals surface area contributed by atoms with Crippen LogP contribution < -0.4 is 0 Å². The second-order valence-corrected chi connectivity index (χ2v) is 8.62. The van der Waals surface area contributed by atoms with E-state index in [1.807, 2.05) is 37.2 Å². The molecule has 1 saturated heterocycles. The van der Waals surface area contributed by atoms with Crippen LogP contribution in [-0.2, 0) is 22.4 Å². The lowest BCUT2D eigenvalue weighted by atomic mass is 9.89. The second kappa shape index (κ2) is 9.02. The summed E-state index contributed by atoms with van der Waals surface area (Å²) in [6, 6.07) is 8.87. The van der Waals surface area contributed by atoms with Gasteiger partial charge in [0.05, 0.1) is 11.6 Å². The SMILES string of the molecule is CN(C)CCCN1C(=O)C(=O)/C(=C(\O)c2ccc3c(c2)CCCC3)C1c1ccncc1. The van der Waals surface area contributed by atoms with Crippen LogP contribution in [0.25, 0.3) is 5.76 Å². The first-order valence-corrected chi connectivity index (χ1v) is 10.9. The molecule has 1 aliphatic carbocycles. The summed E-state index contributed by atoms with van der Waals surface area (Å²) in [7, 11) is 3.95. The molecule has 162 valence electrons. The highest BCUT2D eigenvalue weighted by molar-refractivity contribution is 6.46. The number of pyridine rings is 1. The van der Waals surface area contributed by atoms with E-state index >= 15 is 0 Å². The summed E-state index contributed by atoms with van der Waals surface area (Å²) >= 11 is 0. The quantitative estimate of drug-likeness (QED) is 0.442. The second-order valence-electron chi connectivity index (χ2n) is 8.62. The number of carbonyl (C=O) groups is 2. The van der Waals surface area contributed by atoms with E-state index in [0.717, 1.165) is 37.8 Å². The van der Waals surface area contributed by atoms with E-state index in [0.29, 0.717) is 12.1 Å². The molecule has 1 amide bonds. The van der Waals surface area contributed by atoms with Crippen LogP contribution in [0.4, 0.5) is 0 Å². The molecule has 0 saturated carbocycles. The van der Waals surface area contributed by atoms with E-state index in [4.69, 9.17) is 0 Å². The van der Waals surface area contributed by atoms with E-state index < -0.39 is 17.7 Å². The summed E-state index contributed by atoms with van der Waals surface area (Å²) in [6.07, 6.45) is 8.36. The van der Waals surface area contributed by atoms with Gasteiger partial charge in [0, 0.05) is 24.5 Å². The van der Waals surface area contributed by atoms with Crippen LogP contribution in [0.5, 0.6) is 0 Å². The maximum Gasteiger partial charge on any atom is 0.295 e. The zero-order chi connectivity index (χ0) is 22.0. The van der Waals surface area contributed by atoms with Crippen molar-refractivity contribution in [2.45, 2.75) is 38.1 Å². The van der Waals surface area contributed by atoms with Gasteiger partial charge in [-0.1, -0.05) is 12.1 Å². The minimum atomic E-state index is -0.623. The third kappa shape index (κ3) is 4.26. The Labute approximate surface area is 183 Å². The molecule has 1 aromatic carbocycles. The van der Waals surface area contributed by atoms with E-state index in [2.05, 4.69) is 4.98 Å². The van der Waals surface area contributed by atoms with Crippen LogP contribution in [0.15, 0.2) is 48.3 Å². The van der Waals surface area contributed by atoms with Crippen molar-refractivity contribution < 1.29 is 14.7 Å². The molecule has 1 aliphatic heterocycles. The average molecular weight is 420 g/mol. The molecular weight excluding hydrogens is 390 g/mol. The maximum absolute atomic E-state index is 13.1. The van der Waals surface area contributed by atoms with Crippen LogP contribution in [0.2, 0.25) is 0 Å². The zero-order valence-corrected chi connectivity index (χ0v) is 18.2. The number of rotatable bonds is 6. The van der Waals surface area contributed by atoms with Gasteiger partial charge in [0.2, 0.25) is 0 Å². The van der Waals surface area contributed by atoms with Crippen molar-refractivity contribution in [3.05, 3.63) is 70.6 Å². The average Bonchev–Trinajstić information content (AvgIpc) is 3.03. The lowest BCUT2D eigenvalue weighted by Crippen LogP contribution is -2.32. The summed E-state index contributed by atoms with van der Waals surface area (Å²) in [6.45, 7) is 1.24. The van der Waals surface area contributed by atoms with Crippen molar-refractivity contribution in [2.24, 2.45) is 0 Å². The van der Waals surface area contributed by atoms with Gasteiger partial charge in [-0.2, -0.15) is 0 Å². The Bertz CT molecular complexity index is 1010. The molecule has 4 rings (SSSR count). The Morgan fingerprint density at radius 2 is 1.81 bits per heavy atom. The molecular formula is C25H29N3O3. The Morgan fingerprint density at radius 3 is 2.52 bits per heavy atom. The lowest BCUT2D eigenvalue weighted by Gasteiger charge is -2.26. The fourth-order valence-corrected chi connectivity index (χ4v) is 4.60. The standard InChI is InChI=1S/C25H29N3O3/c1-27(2)14-5-15-28-22(18-10-12-26-13-11-18)21(24(30)25(28)31)23(29)20-9-8-17-6-3-4-7-19(17)16-20/h8-13,16,22,29H,3-7,14-15H2,1-2H3/b23-21-. The van der Waals surface area contributed by atoms with Crippen LogP contribution in [0.3, 0.4) is 0 Å². The van der Waals surface area contributed by atoms with Crippen molar-refractivity contribution >= 4 is 17.4 Å². The van der Waals surface area contributed by atoms with Crippen molar-refractivity contribution in [1.82, 2.24) is 14.8 Å². The fraction of sp³-hybridized carbons (Fsp3) is 0.400. The fourth-order valence-electron chi connectivity index (χ4n) is 4.60. The predicted octanol–water partition coefficient (Wildman–Crippen LogP) is 3.33.